The fourth-order valence-electron chi connectivity index (χ4n) is 1.01. The van der Waals surface area contributed by atoms with Gasteiger partial charge in [-0.15, -0.1) is 0 Å². The summed E-state index contributed by atoms with van der Waals surface area (Å²) in [6, 6.07) is 1.75. The van der Waals surface area contributed by atoms with Crippen molar-refractivity contribution in [3.8, 4) is 0 Å². The maximum atomic E-state index is 13.1. The van der Waals surface area contributed by atoms with E-state index in [1.165, 1.54) is 6.92 Å². The van der Waals surface area contributed by atoms with E-state index in [0.29, 0.717) is 0 Å². The minimum absolute atomic E-state index is 0.138. The third kappa shape index (κ3) is 2.00. The highest BCUT2D eigenvalue weighted by Gasteiger charge is 2.18. The first-order valence-electron chi connectivity index (χ1n) is 3.75. The molecule has 0 fully saturated rings. The molecule has 1 unspecified atom stereocenters. The zero-order valence-electron chi connectivity index (χ0n) is 7.20. The van der Waals surface area contributed by atoms with Gasteiger partial charge in [0.25, 0.3) is 5.69 Å². The molecule has 0 aliphatic heterocycles. The van der Waals surface area contributed by atoms with Crippen LogP contribution in [0.1, 0.15) is 18.6 Å². The Kier molecular flexibility index (Phi) is 3.03. The zero-order chi connectivity index (χ0) is 10.9. The average molecular weight is 220 g/mol. The van der Waals surface area contributed by atoms with Crippen molar-refractivity contribution < 1.29 is 14.4 Å². The number of hydrogen-bond donors (Lipinski definition) is 1. The van der Waals surface area contributed by atoms with Crippen molar-refractivity contribution in [3.63, 3.8) is 0 Å². The van der Waals surface area contributed by atoms with Crippen LogP contribution in [0.3, 0.4) is 0 Å². The number of nitrogens with zero attached hydrogens (tertiary/aromatic N) is 1. The zero-order valence-corrected chi connectivity index (χ0v) is 7.95. The van der Waals surface area contributed by atoms with Crippen LogP contribution in [0, 0.1) is 15.9 Å². The van der Waals surface area contributed by atoms with Gasteiger partial charge in [0.1, 0.15) is 10.8 Å². The predicted octanol–water partition coefficient (Wildman–Crippen LogP) is 2.44. The molecule has 0 aliphatic carbocycles. The molecule has 14 heavy (non-hydrogen) atoms. The Balaban J connectivity index is 3.34. The van der Waals surface area contributed by atoms with E-state index >= 15 is 0 Å². The number of halogens is 2. The third-order valence-electron chi connectivity index (χ3n) is 1.71. The number of nitro benzene ring substituents is 1. The molecule has 0 radical (unpaired) electrons. The lowest BCUT2D eigenvalue weighted by atomic mass is 10.1. The van der Waals surface area contributed by atoms with Crippen molar-refractivity contribution in [3.05, 3.63) is 38.7 Å². The molecule has 0 amide bonds. The number of benzene rings is 1. The van der Waals surface area contributed by atoms with Gasteiger partial charge in [-0.05, 0) is 13.0 Å². The van der Waals surface area contributed by atoms with Gasteiger partial charge in [-0.25, -0.2) is 4.39 Å². The average Bonchev–Trinajstić information content (AvgIpc) is 2.02. The minimum Gasteiger partial charge on any atom is -0.389 e. The first-order chi connectivity index (χ1) is 6.43. The molecule has 0 spiro atoms. The standard InChI is InChI=1S/C8H7ClFNO3/c1-4(12)5-2-8(11(13)14)6(9)3-7(5)10/h2-4,12H,1H3. The summed E-state index contributed by atoms with van der Waals surface area (Å²) >= 11 is 5.44. The van der Waals surface area contributed by atoms with E-state index in [2.05, 4.69) is 0 Å². The number of rotatable bonds is 2. The van der Waals surface area contributed by atoms with Crippen LogP contribution in [0.25, 0.3) is 0 Å². The fraction of sp³-hybridized carbons (Fsp3) is 0.250. The van der Waals surface area contributed by atoms with Gasteiger partial charge in [0.2, 0.25) is 0 Å². The molecule has 1 aromatic carbocycles. The van der Waals surface area contributed by atoms with Crippen molar-refractivity contribution in [2.75, 3.05) is 0 Å². The van der Waals surface area contributed by atoms with Crippen LogP contribution in [-0.4, -0.2) is 10.0 Å². The number of aliphatic hydroxyl groups is 1. The molecule has 0 aromatic heterocycles. The third-order valence-corrected chi connectivity index (χ3v) is 2.02. The highest BCUT2D eigenvalue weighted by Crippen LogP contribution is 2.29. The molecule has 0 aliphatic rings. The Morgan fingerprint density at radius 3 is 2.64 bits per heavy atom. The second-order valence-electron chi connectivity index (χ2n) is 2.76. The van der Waals surface area contributed by atoms with Crippen molar-refractivity contribution in [2.24, 2.45) is 0 Å². The molecule has 1 rings (SSSR count). The van der Waals surface area contributed by atoms with E-state index in [-0.39, 0.29) is 10.6 Å². The van der Waals surface area contributed by atoms with Crippen LogP contribution in [0.15, 0.2) is 12.1 Å². The lowest BCUT2D eigenvalue weighted by molar-refractivity contribution is -0.384. The summed E-state index contributed by atoms with van der Waals surface area (Å²) in [5.41, 5.74) is -0.551. The predicted molar refractivity (Wildman–Crippen MR) is 48.7 cm³/mol. The van der Waals surface area contributed by atoms with Crippen molar-refractivity contribution in [2.45, 2.75) is 13.0 Å². The van der Waals surface area contributed by atoms with Gasteiger partial charge < -0.3 is 5.11 Å². The van der Waals surface area contributed by atoms with Crippen molar-refractivity contribution in [1.29, 1.82) is 0 Å². The maximum absolute atomic E-state index is 13.1. The molecule has 0 saturated carbocycles. The van der Waals surface area contributed by atoms with E-state index in [0.717, 1.165) is 12.1 Å². The van der Waals surface area contributed by atoms with Gasteiger partial charge in [-0.1, -0.05) is 11.6 Å². The highest BCUT2D eigenvalue weighted by molar-refractivity contribution is 6.32. The van der Waals surface area contributed by atoms with E-state index < -0.39 is 22.5 Å². The molecule has 0 bridgehead atoms. The monoisotopic (exact) mass is 219 g/mol. The molecule has 1 aromatic rings. The Bertz CT molecular complexity index is 381. The Morgan fingerprint density at radius 1 is 1.64 bits per heavy atom. The first kappa shape index (κ1) is 10.9. The van der Waals surface area contributed by atoms with Crippen LogP contribution in [0.4, 0.5) is 10.1 Å². The quantitative estimate of drug-likeness (QED) is 0.614. The molecule has 0 heterocycles. The number of aliphatic hydroxyl groups excluding tert-OH is 1. The molecule has 1 N–H and O–H groups in total. The second-order valence-corrected chi connectivity index (χ2v) is 3.17. The Labute approximate surface area is 84.1 Å². The summed E-state index contributed by atoms with van der Waals surface area (Å²) < 4.78 is 13.1. The van der Waals surface area contributed by atoms with E-state index in [1.807, 2.05) is 0 Å². The van der Waals surface area contributed by atoms with Crippen LogP contribution in [0.5, 0.6) is 0 Å². The van der Waals surface area contributed by atoms with Gasteiger partial charge in [0.15, 0.2) is 0 Å². The second kappa shape index (κ2) is 3.89. The van der Waals surface area contributed by atoms with Crippen LogP contribution in [0.2, 0.25) is 5.02 Å². The normalized spacial score (nSPS) is 12.6. The molecule has 1 atom stereocenters. The summed E-state index contributed by atoms with van der Waals surface area (Å²) in [4.78, 5) is 9.70. The molecular weight excluding hydrogens is 213 g/mol. The van der Waals surface area contributed by atoms with Gasteiger partial charge in [0, 0.05) is 11.6 Å². The molecule has 0 saturated heterocycles. The number of hydrogen-bond acceptors (Lipinski definition) is 3. The maximum Gasteiger partial charge on any atom is 0.288 e. The van der Waals surface area contributed by atoms with Crippen LogP contribution < -0.4 is 0 Å². The van der Waals surface area contributed by atoms with E-state index in [9.17, 15) is 14.5 Å². The molecule has 6 heteroatoms. The molecular formula is C8H7ClFNO3. The topological polar surface area (TPSA) is 63.4 Å². The largest absolute Gasteiger partial charge is 0.389 e. The summed E-state index contributed by atoms with van der Waals surface area (Å²) in [6.45, 7) is 1.32. The molecule has 76 valence electrons. The summed E-state index contributed by atoms with van der Waals surface area (Å²) in [6.07, 6.45) is -1.11. The summed E-state index contributed by atoms with van der Waals surface area (Å²) in [5, 5.41) is 19.2. The van der Waals surface area contributed by atoms with Crippen LogP contribution >= 0.6 is 11.6 Å². The molecule has 4 nitrogen and oxygen atoms in total. The van der Waals surface area contributed by atoms with Crippen molar-refractivity contribution >= 4 is 17.3 Å². The summed E-state index contributed by atoms with van der Waals surface area (Å²) in [7, 11) is 0. The lowest BCUT2D eigenvalue weighted by Crippen LogP contribution is -1.99. The first-order valence-corrected chi connectivity index (χ1v) is 4.12. The smallest absolute Gasteiger partial charge is 0.288 e. The lowest BCUT2D eigenvalue weighted by Gasteiger charge is -2.06. The minimum atomic E-state index is -1.11. The van der Waals surface area contributed by atoms with Gasteiger partial charge in [-0.3, -0.25) is 10.1 Å². The van der Waals surface area contributed by atoms with Gasteiger partial charge in [0.05, 0.1) is 11.0 Å². The Hall–Kier alpha value is -1.20. The summed E-state index contributed by atoms with van der Waals surface area (Å²) in [5.74, 6) is -0.754. The van der Waals surface area contributed by atoms with E-state index in [4.69, 9.17) is 16.7 Å². The number of nitro groups is 1. The van der Waals surface area contributed by atoms with Crippen LogP contribution in [-0.2, 0) is 0 Å². The van der Waals surface area contributed by atoms with Crippen molar-refractivity contribution in [1.82, 2.24) is 0 Å². The van der Waals surface area contributed by atoms with Gasteiger partial charge in [-0.2, -0.15) is 0 Å². The fourth-order valence-corrected chi connectivity index (χ4v) is 1.23. The SMILES string of the molecule is CC(O)c1cc([N+](=O)[O-])c(Cl)cc1F. The van der Waals surface area contributed by atoms with E-state index in [1.54, 1.807) is 0 Å². The highest BCUT2D eigenvalue weighted by atomic mass is 35.5. The van der Waals surface area contributed by atoms with Gasteiger partial charge >= 0.3 is 0 Å². The Morgan fingerprint density at radius 2 is 2.21 bits per heavy atom.